The standard InChI is InChI=1S/C25H21FN4OS/c1-15-9-19(5-6-21(15)31-14-16-3-2-4-18(26)10-16)30-24-17(11-27)12-29-25-23(24)20-7-8-28-13-22(20)32-25/h2-6,9-10,12,28H,7-8,13-14H2,1H3,(H,29,30). The van der Waals surface area contributed by atoms with E-state index in [1.54, 1.807) is 23.6 Å². The molecule has 2 N–H and O–H groups in total. The van der Waals surface area contributed by atoms with E-state index in [1.165, 1.54) is 22.6 Å². The van der Waals surface area contributed by atoms with Gasteiger partial charge in [-0.2, -0.15) is 5.26 Å². The number of hydrogen-bond donors (Lipinski definition) is 2. The molecule has 1 aliphatic heterocycles. The second-order valence-electron chi connectivity index (χ2n) is 7.79. The van der Waals surface area contributed by atoms with Crippen molar-refractivity contribution in [2.24, 2.45) is 0 Å². The first-order chi connectivity index (χ1) is 15.6. The molecule has 0 saturated heterocycles. The third-order valence-corrected chi connectivity index (χ3v) is 6.73. The molecule has 2 aromatic heterocycles. The van der Waals surface area contributed by atoms with Gasteiger partial charge in [0.2, 0.25) is 0 Å². The zero-order chi connectivity index (χ0) is 22.1. The second kappa shape index (κ2) is 8.58. The molecular formula is C25H21FN4OS. The lowest BCUT2D eigenvalue weighted by Gasteiger charge is -2.16. The van der Waals surface area contributed by atoms with Gasteiger partial charge in [0.05, 0.1) is 11.3 Å². The highest BCUT2D eigenvalue weighted by Crippen LogP contribution is 2.39. The van der Waals surface area contributed by atoms with Crippen molar-refractivity contribution in [2.45, 2.75) is 26.5 Å². The molecule has 0 amide bonds. The third kappa shape index (κ3) is 3.91. The molecule has 1 aliphatic rings. The van der Waals surface area contributed by atoms with Crippen LogP contribution in [0.25, 0.3) is 10.2 Å². The summed E-state index contributed by atoms with van der Waals surface area (Å²) in [6, 6.07) is 14.5. The van der Waals surface area contributed by atoms with Gasteiger partial charge in [-0.1, -0.05) is 12.1 Å². The van der Waals surface area contributed by atoms with E-state index in [2.05, 4.69) is 21.7 Å². The Labute approximate surface area is 189 Å². The molecule has 5 rings (SSSR count). The fourth-order valence-electron chi connectivity index (χ4n) is 4.03. The quantitative estimate of drug-likeness (QED) is 0.420. The van der Waals surface area contributed by atoms with Gasteiger partial charge in [-0.3, -0.25) is 0 Å². The summed E-state index contributed by atoms with van der Waals surface area (Å²) in [6.45, 7) is 4.03. The zero-order valence-corrected chi connectivity index (χ0v) is 18.4. The van der Waals surface area contributed by atoms with E-state index in [-0.39, 0.29) is 5.82 Å². The van der Waals surface area contributed by atoms with E-state index in [0.717, 1.165) is 58.0 Å². The molecule has 7 heteroatoms. The van der Waals surface area contributed by atoms with Crippen molar-refractivity contribution in [1.29, 1.82) is 5.26 Å². The first-order valence-corrected chi connectivity index (χ1v) is 11.2. The number of benzene rings is 2. The Balaban J connectivity index is 1.43. The van der Waals surface area contributed by atoms with Crippen molar-refractivity contribution in [3.63, 3.8) is 0 Å². The number of nitrogens with zero attached hydrogens (tertiary/aromatic N) is 2. The average molecular weight is 445 g/mol. The molecular weight excluding hydrogens is 423 g/mol. The predicted molar refractivity (Wildman–Crippen MR) is 125 cm³/mol. The van der Waals surface area contributed by atoms with Gasteiger partial charge in [0.25, 0.3) is 0 Å². The summed E-state index contributed by atoms with van der Waals surface area (Å²) >= 11 is 1.69. The SMILES string of the molecule is Cc1cc(Nc2c(C#N)cnc3sc4c(c23)CCNC4)ccc1OCc1cccc(F)c1. The number of ether oxygens (including phenoxy) is 1. The molecule has 0 atom stereocenters. The van der Waals surface area contributed by atoms with Crippen LogP contribution in [0, 0.1) is 24.1 Å². The average Bonchev–Trinajstić information content (AvgIpc) is 3.18. The second-order valence-corrected chi connectivity index (χ2v) is 8.88. The van der Waals surface area contributed by atoms with Crippen molar-refractivity contribution in [1.82, 2.24) is 10.3 Å². The Hall–Kier alpha value is -3.47. The van der Waals surface area contributed by atoms with Crippen molar-refractivity contribution in [3.8, 4) is 11.8 Å². The van der Waals surface area contributed by atoms with E-state index in [0.29, 0.717) is 12.2 Å². The van der Waals surface area contributed by atoms with Gasteiger partial charge in [-0.25, -0.2) is 9.37 Å². The Bertz CT molecular complexity index is 1360. The van der Waals surface area contributed by atoms with Crippen molar-refractivity contribution < 1.29 is 9.13 Å². The number of fused-ring (bicyclic) bond motifs is 3. The van der Waals surface area contributed by atoms with Crippen molar-refractivity contribution in [3.05, 3.63) is 81.6 Å². The van der Waals surface area contributed by atoms with Gasteiger partial charge in [0.15, 0.2) is 0 Å². The molecule has 0 saturated carbocycles. The molecule has 0 bridgehead atoms. The molecule has 160 valence electrons. The van der Waals surface area contributed by atoms with Gasteiger partial charge >= 0.3 is 0 Å². The molecule has 2 aromatic carbocycles. The number of hydrogen-bond acceptors (Lipinski definition) is 6. The molecule has 4 aromatic rings. The summed E-state index contributed by atoms with van der Waals surface area (Å²) in [4.78, 5) is 6.77. The molecule has 32 heavy (non-hydrogen) atoms. The fourth-order valence-corrected chi connectivity index (χ4v) is 5.20. The lowest BCUT2D eigenvalue weighted by molar-refractivity contribution is 0.303. The highest BCUT2D eigenvalue weighted by atomic mass is 32.1. The molecule has 0 aliphatic carbocycles. The van der Waals surface area contributed by atoms with E-state index in [4.69, 9.17) is 4.74 Å². The van der Waals surface area contributed by atoms with Crippen LogP contribution in [0.4, 0.5) is 15.8 Å². The molecule has 0 fully saturated rings. The van der Waals surface area contributed by atoms with Crippen LogP contribution in [-0.4, -0.2) is 11.5 Å². The van der Waals surface area contributed by atoms with E-state index in [9.17, 15) is 9.65 Å². The number of nitriles is 1. The number of nitrogens with one attached hydrogen (secondary N) is 2. The largest absolute Gasteiger partial charge is 0.489 e. The van der Waals surface area contributed by atoms with Crippen LogP contribution >= 0.6 is 11.3 Å². The number of aromatic nitrogens is 1. The highest BCUT2D eigenvalue weighted by Gasteiger charge is 2.21. The summed E-state index contributed by atoms with van der Waals surface area (Å²) in [5.74, 6) is 0.463. The smallest absolute Gasteiger partial charge is 0.126 e. The number of halogens is 1. The summed E-state index contributed by atoms with van der Waals surface area (Å²) < 4.78 is 19.3. The van der Waals surface area contributed by atoms with Crippen molar-refractivity contribution in [2.75, 3.05) is 11.9 Å². The highest BCUT2D eigenvalue weighted by molar-refractivity contribution is 7.19. The summed E-state index contributed by atoms with van der Waals surface area (Å²) in [5, 5.41) is 17.6. The van der Waals surface area contributed by atoms with Gasteiger partial charge in [0.1, 0.15) is 29.1 Å². The minimum absolute atomic E-state index is 0.272. The van der Waals surface area contributed by atoms with Crippen LogP contribution < -0.4 is 15.4 Å². The van der Waals surface area contributed by atoms with Crippen LogP contribution in [0.1, 0.15) is 27.1 Å². The normalized spacial score (nSPS) is 12.9. The Morgan fingerprint density at radius 2 is 2.19 bits per heavy atom. The monoisotopic (exact) mass is 444 g/mol. The molecule has 0 radical (unpaired) electrons. The summed E-state index contributed by atoms with van der Waals surface area (Å²) in [6.07, 6.45) is 2.57. The maximum Gasteiger partial charge on any atom is 0.126 e. The Kier molecular flexibility index (Phi) is 5.48. The van der Waals surface area contributed by atoms with E-state index in [1.807, 2.05) is 31.2 Å². The third-order valence-electron chi connectivity index (χ3n) is 5.59. The number of pyridine rings is 1. The van der Waals surface area contributed by atoms with Crippen LogP contribution in [0.15, 0.2) is 48.7 Å². The number of rotatable bonds is 5. The van der Waals surface area contributed by atoms with Crippen LogP contribution in [-0.2, 0) is 19.6 Å². The van der Waals surface area contributed by atoms with E-state index < -0.39 is 0 Å². The topological polar surface area (TPSA) is 70.0 Å². The number of anilines is 2. The lowest BCUT2D eigenvalue weighted by Crippen LogP contribution is -2.22. The maximum absolute atomic E-state index is 13.4. The van der Waals surface area contributed by atoms with Gasteiger partial charge in [-0.15, -0.1) is 11.3 Å². The zero-order valence-electron chi connectivity index (χ0n) is 17.5. The van der Waals surface area contributed by atoms with Crippen molar-refractivity contribution >= 4 is 32.9 Å². The Morgan fingerprint density at radius 1 is 1.28 bits per heavy atom. The van der Waals surface area contributed by atoms with Gasteiger partial charge in [0, 0.05) is 28.7 Å². The Morgan fingerprint density at radius 3 is 3.00 bits per heavy atom. The summed E-state index contributed by atoms with van der Waals surface area (Å²) in [7, 11) is 0. The van der Waals surface area contributed by atoms with Crippen LogP contribution in [0.2, 0.25) is 0 Å². The fraction of sp³-hybridized carbons (Fsp3) is 0.200. The number of thiophene rings is 1. The molecule has 5 nitrogen and oxygen atoms in total. The van der Waals surface area contributed by atoms with E-state index >= 15 is 0 Å². The van der Waals surface area contributed by atoms with Gasteiger partial charge < -0.3 is 15.4 Å². The first-order valence-electron chi connectivity index (χ1n) is 10.4. The lowest BCUT2D eigenvalue weighted by atomic mass is 10.0. The van der Waals surface area contributed by atoms with Crippen LogP contribution in [0.5, 0.6) is 5.75 Å². The van der Waals surface area contributed by atoms with Gasteiger partial charge in [-0.05, 0) is 66.9 Å². The molecule has 3 heterocycles. The summed E-state index contributed by atoms with van der Waals surface area (Å²) in [5.41, 5.74) is 5.22. The number of aryl methyl sites for hydroxylation is 1. The maximum atomic E-state index is 13.4. The minimum Gasteiger partial charge on any atom is -0.489 e. The first kappa shape index (κ1) is 20.4. The van der Waals surface area contributed by atoms with Crippen LogP contribution in [0.3, 0.4) is 0 Å². The predicted octanol–water partition coefficient (Wildman–Crippen LogP) is 5.58. The molecule has 0 unspecified atom stereocenters. The minimum atomic E-state index is -0.272. The molecule has 0 spiro atoms.